The van der Waals surface area contributed by atoms with Crippen molar-refractivity contribution >= 4 is 5.78 Å². The first-order chi connectivity index (χ1) is 6.68. The smallest absolute Gasteiger partial charge is 0.186 e. The van der Waals surface area contributed by atoms with Crippen molar-refractivity contribution in [3.05, 3.63) is 0 Å². The Hall–Kier alpha value is -0.530. The van der Waals surface area contributed by atoms with Gasteiger partial charge in [0.2, 0.25) is 0 Å². The van der Waals surface area contributed by atoms with E-state index in [1.54, 1.807) is 0 Å². The van der Waals surface area contributed by atoms with Crippen LogP contribution < -0.4 is 0 Å². The Morgan fingerprint density at radius 2 is 1.44 bits per heavy atom. The molecule has 0 amide bonds. The van der Waals surface area contributed by atoms with Gasteiger partial charge in [-0.25, -0.2) is 0 Å². The molecule has 0 spiro atoms. The molecule has 6 nitrogen and oxygen atoms in total. The van der Waals surface area contributed by atoms with Gasteiger partial charge in [0.15, 0.2) is 17.4 Å². The quantitative estimate of drug-likeness (QED) is 0.578. The number of aliphatic hydroxyl groups is 3. The molecular formula is C10H22O6. The molecule has 0 saturated carbocycles. The molecule has 1 rings (SSSR count). The molecule has 6 heteroatoms. The van der Waals surface area contributed by atoms with Gasteiger partial charge in [-0.1, -0.05) is 7.43 Å². The van der Waals surface area contributed by atoms with Gasteiger partial charge in [0.1, 0.15) is 19.8 Å². The molecule has 1 aliphatic heterocycles. The number of ketones is 1. The third-order valence-corrected chi connectivity index (χ3v) is 1.52. The molecule has 0 aliphatic carbocycles. The lowest BCUT2D eigenvalue weighted by Gasteiger charge is -2.36. The summed E-state index contributed by atoms with van der Waals surface area (Å²) in [6, 6.07) is 0. The van der Waals surface area contributed by atoms with Crippen LogP contribution in [0.25, 0.3) is 0 Å². The van der Waals surface area contributed by atoms with Crippen molar-refractivity contribution in [3.8, 4) is 0 Å². The molecule has 0 bridgehead atoms. The van der Waals surface area contributed by atoms with Crippen molar-refractivity contribution in [1.82, 2.24) is 0 Å². The largest absolute Gasteiger partial charge is 0.389 e. The fourth-order valence-electron chi connectivity index (χ4n) is 0.662. The highest BCUT2D eigenvalue weighted by Crippen LogP contribution is 2.20. The number of Topliss-reactive ketones (excluding diaryl/α,β-unsaturated/α-hetero) is 1. The number of ether oxygens (including phenoxy) is 2. The molecule has 1 heterocycles. The van der Waals surface area contributed by atoms with Crippen molar-refractivity contribution in [2.75, 3.05) is 19.8 Å². The Bertz CT molecular complexity index is 183. The van der Waals surface area contributed by atoms with E-state index in [0.717, 1.165) is 0 Å². The molecule has 3 N–H and O–H groups in total. The number of hydrogen-bond acceptors (Lipinski definition) is 6. The zero-order valence-electron chi connectivity index (χ0n) is 9.19. The third kappa shape index (κ3) is 8.75. The lowest BCUT2D eigenvalue weighted by atomic mass is 10.2. The summed E-state index contributed by atoms with van der Waals surface area (Å²) in [4.78, 5) is 9.56. The van der Waals surface area contributed by atoms with Crippen LogP contribution >= 0.6 is 0 Å². The number of hydrogen-bond donors (Lipinski definition) is 3. The van der Waals surface area contributed by atoms with Crippen LogP contribution in [0.1, 0.15) is 28.2 Å². The minimum absolute atomic E-state index is 0. The monoisotopic (exact) mass is 238 g/mol. The number of carbonyl (C=O) groups is 1. The van der Waals surface area contributed by atoms with Crippen molar-refractivity contribution < 1.29 is 29.6 Å². The van der Waals surface area contributed by atoms with E-state index in [9.17, 15) is 4.79 Å². The van der Waals surface area contributed by atoms with Gasteiger partial charge in [0.25, 0.3) is 0 Å². The summed E-state index contributed by atoms with van der Waals surface area (Å²) in [5, 5.41) is 26.1. The van der Waals surface area contributed by atoms with Gasteiger partial charge >= 0.3 is 0 Å². The third-order valence-electron chi connectivity index (χ3n) is 1.52. The van der Waals surface area contributed by atoms with E-state index in [1.807, 2.05) is 0 Å². The molecular weight excluding hydrogens is 216 g/mol. The van der Waals surface area contributed by atoms with Crippen molar-refractivity contribution in [1.29, 1.82) is 0 Å². The number of aliphatic hydroxyl groups excluding tert-OH is 1. The zero-order valence-corrected chi connectivity index (χ0v) is 9.19. The van der Waals surface area contributed by atoms with Crippen LogP contribution in [0.2, 0.25) is 0 Å². The average Bonchev–Trinajstić information content (AvgIpc) is 2.12. The van der Waals surface area contributed by atoms with Crippen LogP contribution in [-0.4, -0.2) is 52.5 Å². The predicted molar refractivity (Wildman–Crippen MR) is 57.6 cm³/mol. The molecule has 1 aliphatic rings. The predicted octanol–water partition coefficient (Wildman–Crippen LogP) is -0.346. The summed E-state index contributed by atoms with van der Waals surface area (Å²) >= 11 is 0. The Morgan fingerprint density at radius 1 is 1.19 bits per heavy atom. The van der Waals surface area contributed by atoms with Gasteiger partial charge in [-0.3, -0.25) is 4.79 Å². The van der Waals surface area contributed by atoms with Crippen LogP contribution in [-0.2, 0) is 14.3 Å². The highest BCUT2D eigenvalue weighted by molar-refractivity contribution is 5.76. The van der Waals surface area contributed by atoms with Gasteiger partial charge in [0.05, 0.1) is 0 Å². The first kappa shape index (κ1) is 17.9. The second-order valence-corrected chi connectivity index (χ2v) is 3.79. The summed E-state index contributed by atoms with van der Waals surface area (Å²) in [7, 11) is 0. The van der Waals surface area contributed by atoms with Crippen LogP contribution in [0.5, 0.6) is 0 Å². The SMILES string of the molecule is C.CC(=O)CO.CC1(O)COC(C)(O)CO1. The van der Waals surface area contributed by atoms with E-state index < -0.39 is 11.6 Å². The summed E-state index contributed by atoms with van der Waals surface area (Å²) < 4.78 is 9.72. The maximum absolute atomic E-state index is 9.56. The van der Waals surface area contributed by atoms with Crippen LogP contribution in [0.15, 0.2) is 0 Å². The summed E-state index contributed by atoms with van der Waals surface area (Å²) in [6.07, 6.45) is 0. The Kier molecular flexibility index (Phi) is 7.73. The molecule has 1 fully saturated rings. The first-order valence-electron chi connectivity index (χ1n) is 4.51. The summed E-state index contributed by atoms with van der Waals surface area (Å²) in [5.74, 6) is -2.69. The highest BCUT2D eigenvalue weighted by atomic mass is 16.7. The lowest BCUT2D eigenvalue weighted by Crippen LogP contribution is -2.50. The van der Waals surface area contributed by atoms with E-state index in [2.05, 4.69) is 0 Å². The van der Waals surface area contributed by atoms with Gasteiger partial charge < -0.3 is 24.8 Å². The van der Waals surface area contributed by atoms with Crippen LogP contribution in [0.3, 0.4) is 0 Å². The minimum atomic E-state index is -1.25. The molecule has 0 aromatic heterocycles. The molecule has 2 unspecified atom stereocenters. The molecule has 1 saturated heterocycles. The Labute approximate surface area is 95.8 Å². The van der Waals surface area contributed by atoms with Gasteiger partial charge in [-0.05, 0) is 20.8 Å². The van der Waals surface area contributed by atoms with Crippen molar-refractivity contribution in [2.24, 2.45) is 0 Å². The van der Waals surface area contributed by atoms with Crippen LogP contribution in [0, 0.1) is 0 Å². The molecule has 0 aromatic rings. The van der Waals surface area contributed by atoms with Crippen molar-refractivity contribution in [3.63, 3.8) is 0 Å². The average molecular weight is 238 g/mol. The second-order valence-electron chi connectivity index (χ2n) is 3.79. The number of carbonyl (C=O) groups excluding carboxylic acids is 1. The van der Waals surface area contributed by atoms with Gasteiger partial charge in [-0.2, -0.15) is 0 Å². The zero-order chi connectivity index (χ0) is 12.1. The first-order valence-corrected chi connectivity index (χ1v) is 4.51. The molecule has 16 heavy (non-hydrogen) atoms. The van der Waals surface area contributed by atoms with E-state index >= 15 is 0 Å². The molecule has 0 aromatic carbocycles. The van der Waals surface area contributed by atoms with Gasteiger partial charge in [-0.15, -0.1) is 0 Å². The normalized spacial score (nSPS) is 33.1. The van der Waals surface area contributed by atoms with Crippen molar-refractivity contribution in [2.45, 2.75) is 39.8 Å². The maximum Gasteiger partial charge on any atom is 0.186 e. The standard InChI is InChI=1S/C6H12O4.C3H6O2.CH4/c1-5(7)3-10-6(2,8)4-9-5;1-3(5)2-4;/h7-8H,3-4H2,1-2H3;4H,2H2,1H3;1H4. The van der Waals surface area contributed by atoms with E-state index in [4.69, 9.17) is 24.8 Å². The Morgan fingerprint density at radius 3 is 1.56 bits per heavy atom. The van der Waals surface area contributed by atoms with E-state index in [0.29, 0.717) is 0 Å². The fourth-order valence-corrected chi connectivity index (χ4v) is 0.662. The minimum Gasteiger partial charge on any atom is -0.389 e. The Balaban J connectivity index is 0. The molecule has 0 radical (unpaired) electrons. The molecule has 98 valence electrons. The fraction of sp³-hybridized carbons (Fsp3) is 0.900. The highest BCUT2D eigenvalue weighted by Gasteiger charge is 2.36. The van der Waals surface area contributed by atoms with Crippen LogP contribution in [0.4, 0.5) is 0 Å². The second kappa shape index (κ2) is 6.93. The molecule has 2 atom stereocenters. The lowest BCUT2D eigenvalue weighted by molar-refractivity contribution is -0.353. The topological polar surface area (TPSA) is 96.2 Å². The number of rotatable bonds is 1. The van der Waals surface area contributed by atoms with E-state index in [-0.39, 0.29) is 33.0 Å². The maximum atomic E-state index is 9.56. The summed E-state index contributed by atoms with van der Waals surface area (Å²) in [6.45, 7) is 3.98. The van der Waals surface area contributed by atoms with Gasteiger partial charge in [0, 0.05) is 0 Å². The summed E-state index contributed by atoms with van der Waals surface area (Å²) in [5.41, 5.74) is 0. The van der Waals surface area contributed by atoms with E-state index in [1.165, 1.54) is 20.8 Å².